The predicted octanol–water partition coefficient (Wildman–Crippen LogP) is 3.00. The van der Waals surface area contributed by atoms with Gasteiger partial charge in [-0.3, -0.25) is 0 Å². The Balaban J connectivity index is 1.70. The highest BCUT2D eigenvalue weighted by Crippen LogP contribution is 2.40. The average Bonchev–Trinajstić information content (AvgIpc) is 3.17. The van der Waals surface area contributed by atoms with Crippen molar-refractivity contribution in [3.63, 3.8) is 0 Å². The van der Waals surface area contributed by atoms with Crippen LogP contribution in [0.25, 0.3) is 0 Å². The van der Waals surface area contributed by atoms with Gasteiger partial charge in [-0.1, -0.05) is 24.3 Å². The normalized spacial score (nSPS) is 33.6. The number of nitrogens with one attached hydrogen (secondary N) is 1. The number of benzene rings is 1. The van der Waals surface area contributed by atoms with Crippen molar-refractivity contribution < 1.29 is 4.74 Å². The third kappa shape index (κ3) is 2.38. The first kappa shape index (κ1) is 11.2. The van der Waals surface area contributed by atoms with Crippen LogP contribution in [0.2, 0.25) is 0 Å². The van der Waals surface area contributed by atoms with Crippen molar-refractivity contribution >= 4 is 0 Å². The molecule has 1 aliphatic carbocycles. The number of rotatable bonds is 2. The van der Waals surface area contributed by atoms with Crippen LogP contribution in [0.15, 0.2) is 24.3 Å². The van der Waals surface area contributed by atoms with E-state index in [2.05, 4.69) is 43.4 Å². The summed E-state index contributed by atoms with van der Waals surface area (Å²) in [5.41, 5.74) is 2.81. The summed E-state index contributed by atoms with van der Waals surface area (Å²) in [6.07, 6.45) is 3.25. The zero-order valence-corrected chi connectivity index (χ0v) is 10.6. The van der Waals surface area contributed by atoms with Gasteiger partial charge < -0.3 is 10.1 Å². The van der Waals surface area contributed by atoms with Crippen LogP contribution >= 0.6 is 0 Å². The highest BCUT2D eigenvalue weighted by Gasteiger charge is 2.27. The zero-order valence-electron chi connectivity index (χ0n) is 10.6. The highest BCUT2D eigenvalue weighted by molar-refractivity contribution is 5.29. The molecule has 3 unspecified atom stereocenters. The molecule has 0 aromatic heterocycles. The number of hydrogen-bond donors (Lipinski definition) is 1. The summed E-state index contributed by atoms with van der Waals surface area (Å²) >= 11 is 0. The Morgan fingerprint density at radius 1 is 1.06 bits per heavy atom. The standard InChI is InChI=1S/C15H21NO/c1-10-11(2)17-15(9-16-10)14-7-5-13(6-8-14)12-3-4-12/h5-8,10-12,15-16H,3-4,9H2,1-2H3. The molecule has 2 nitrogen and oxygen atoms in total. The molecule has 1 aromatic rings. The number of ether oxygens (including phenoxy) is 1. The van der Waals surface area contributed by atoms with Gasteiger partial charge >= 0.3 is 0 Å². The van der Waals surface area contributed by atoms with Gasteiger partial charge in [0.05, 0.1) is 12.2 Å². The molecule has 3 atom stereocenters. The van der Waals surface area contributed by atoms with Crippen molar-refractivity contribution in [1.82, 2.24) is 5.32 Å². The Bertz CT molecular complexity index is 382. The summed E-state index contributed by atoms with van der Waals surface area (Å²) in [6, 6.07) is 9.49. The molecule has 1 aliphatic heterocycles. The van der Waals surface area contributed by atoms with Crippen molar-refractivity contribution in [2.24, 2.45) is 0 Å². The molecule has 1 N–H and O–H groups in total. The molecule has 1 saturated carbocycles. The maximum atomic E-state index is 6.04. The molecule has 0 bridgehead atoms. The summed E-state index contributed by atoms with van der Waals surface area (Å²) in [7, 11) is 0. The molecule has 2 aliphatic rings. The van der Waals surface area contributed by atoms with Gasteiger partial charge in [-0.05, 0) is 43.7 Å². The first-order valence-corrected chi connectivity index (χ1v) is 6.73. The fourth-order valence-electron chi connectivity index (χ4n) is 2.48. The van der Waals surface area contributed by atoms with Gasteiger partial charge in [0.15, 0.2) is 0 Å². The molecule has 0 amide bonds. The Morgan fingerprint density at radius 2 is 1.71 bits per heavy atom. The van der Waals surface area contributed by atoms with Crippen molar-refractivity contribution in [1.29, 1.82) is 0 Å². The monoisotopic (exact) mass is 231 g/mol. The van der Waals surface area contributed by atoms with Crippen LogP contribution < -0.4 is 5.32 Å². The molecule has 1 aromatic carbocycles. The lowest BCUT2D eigenvalue weighted by Crippen LogP contribution is -2.46. The van der Waals surface area contributed by atoms with Gasteiger partial charge in [-0.25, -0.2) is 0 Å². The topological polar surface area (TPSA) is 21.3 Å². The zero-order chi connectivity index (χ0) is 11.8. The molecular formula is C15H21NO. The molecule has 92 valence electrons. The predicted molar refractivity (Wildman–Crippen MR) is 69.2 cm³/mol. The maximum Gasteiger partial charge on any atom is 0.0953 e. The Labute approximate surface area is 103 Å². The minimum absolute atomic E-state index is 0.217. The maximum absolute atomic E-state index is 6.04. The smallest absolute Gasteiger partial charge is 0.0953 e. The quantitative estimate of drug-likeness (QED) is 0.845. The largest absolute Gasteiger partial charge is 0.368 e. The summed E-state index contributed by atoms with van der Waals surface area (Å²) < 4.78 is 6.04. The van der Waals surface area contributed by atoms with Crippen molar-refractivity contribution in [3.8, 4) is 0 Å². The van der Waals surface area contributed by atoms with Crippen molar-refractivity contribution in [2.45, 2.75) is 50.9 Å². The van der Waals surface area contributed by atoms with Crippen LogP contribution in [-0.4, -0.2) is 18.7 Å². The highest BCUT2D eigenvalue weighted by atomic mass is 16.5. The summed E-state index contributed by atoms with van der Waals surface area (Å²) in [4.78, 5) is 0. The lowest BCUT2D eigenvalue weighted by atomic mass is 10.0. The van der Waals surface area contributed by atoms with Gasteiger partial charge in [0, 0.05) is 12.6 Å². The van der Waals surface area contributed by atoms with E-state index in [1.807, 2.05) is 0 Å². The van der Waals surface area contributed by atoms with E-state index in [4.69, 9.17) is 4.74 Å². The van der Waals surface area contributed by atoms with Gasteiger partial charge in [-0.2, -0.15) is 0 Å². The van der Waals surface area contributed by atoms with E-state index in [0.29, 0.717) is 6.04 Å². The first-order valence-electron chi connectivity index (χ1n) is 6.73. The molecule has 1 saturated heterocycles. The van der Waals surface area contributed by atoms with Gasteiger partial charge in [0.2, 0.25) is 0 Å². The number of morpholine rings is 1. The molecular weight excluding hydrogens is 210 g/mol. The van der Waals surface area contributed by atoms with E-state index in [0.717, 1.165) is 12.5 Å². The Kier molecular flexibility index (Phi) is 2.93. The van der Waals surface area contributed by atoms with Gasteiger partial charge in [0.1, 0.15) is 0 Å². The SMILES string of the molecule is CC1NCC(c2ccc(C3CC3)cc2)OC1C. The summed E-state index contributed by atoms with van der Waals surface area (Å²) in [6.45, 7) is 5.24. The lowest BCUT2D eigenvalue weighted by Gasteiger charge is -2.34. The van der Waals surface area contributed by atoms with Crippen LogP contribution in [0.4, 0.5) is 0 Å². The van der Waals surface area contributed by atoms with Crippen LogP contribution in [0.1, 0.15) is 49.8 Å². The molecule has 3 rings (SSSR count). The first-order chi connectivity index (χ1) is 8.24. The minimum Gasteiger partial charge on any atom is -0.368 e. The van der Waals surface area contributed by atoms with Crippen LogP contribution in [0.3, 0.4) is 0 Å². The summed E-state index contributed by atoms with van der Waals surface area (Å²) in [5, 5.41) is 3.51. The van der Waals surface area contributed by atoms with E-state index in [9.17, 15) is 0 Å². The molecule has 0 spiro atoms. The Hall–Kier alpha value is -0.860. The van der Waals surface area contributed by atoms with E-state index >= 15 is 0 Å². The Morgan fingerprint density at radius 3 is 2.29 bits per heavy atom. The fraction of sp³-hybridized carbons (Fsp3) is 0.600. The minimum atomic E-state index is 0.217. The lowest BCUT2D eigenvalue weighted by molar-refractivity contribution is -0.0508. The molecule has 2 fully saturated rings. The van der Waals surface area contributed by atoms with Crippen LogP contribution in [-0.2, 0) is 4.74 Å². The van der Waals surface area contributed by atoms with E-state index in [-0.39, 0.29) is 12.2 Å². The third-order valence-electron chi connectivity index (χ3n) is 4.07. The summed E-state index contributed by atoms with van der Waals surface area (Å²) in [5.74, 6) is 0.841. The second-order valence-corrected chi connectivity index (χ2v) is 5.47. The average molecular weight is 231 g/mol. The van der Waals surface area contributed by atoms with Crippen LogP contribution in [0, 0.1) is 0 Å². The second-order valence-electron chi connectivity index (χ2n) is 5.47. The van der Waals surface area contributed by atoms with Crippen LogP contribution in [0.5, 0.6) is 0 Å². The second kappa shape index (κ2) is 4.43. The number of hydrogen-bond acceptors (Lipinski definition) is 2. The fourth-order valence-corrected chi connectivity index (χ4v) is 2.48. The van der Waals surface area contributed by atoms with E-state index in [1.165, 1.54) is 24.0 Å². The third-order valence-corrected chi connectivity index (χ3v) is 4.07. The van der Waals surface area contributed by atoms with E-state index in [1.54, 1.807) is 0 Å². The molecule has 0 radical (unpaired) electrons. The van der Waals surface area contributed by atoms with Crippen molar-refractivity contribution in [3.05, 3.63) is 35.4 Å². The molecule has 1 heterocycles. The molecule has 17 heavy (non-hydrogen) atoms. The van der Waals surface area contributed by atoms with E-state index < -0.39 is 0 Å². The van der Waals surface area contributed by atoms with Gasteiger partial charge in [0.25, 0.3) is 0 Å². The van der Waals surface area contributed by atoms with Gasteiger partial charge in [-0.15, -0.1) is 0 Å². The van der Waals surface area contributed by atoms with Crippen molar-refractivity contribution in [2.75, 3.05) is 6.54 Å². The molecule has 2 heteroatoms.